The van der Waals surface area contributed by atoms with E-state index in [1.165, 1.54) is 19.3 Å². The van der Waals surface area contributed by atoms with Gasteiger partial charge in [0.2, 0.25) is 11.8 Å². The summed E-state index contributed by atoms with van der Waals surface area (Å²) in [5.74, 6) is 0.502. The standard InChI is InChI=1S/C18H33N3O2/c1-3-6-17(22)21-12-8-16(9-13-21)18(23)19-10-14-20-11-5-4-7-15(20)2/h15-16H,3-14H2,1-2H3,(H,19,23). The molecule has 5 nitrogen and oxygen atoms in total. The molecule has 1 atom stereocenters. The first-order chi connectivity index (χ1) is 11.1. The molecule has 2 fully saturated rings. The van der Waals surface area contributed by atoms with Gasteiger partial charge in [0.1, 0.15) is 0 Å². The molecule has 1 unspecified atom stereocenters. The second kappa shape index (κ2) is 9.26. The molecule has 132 valence electrons. The smallest absolute Gasteiger partial charge is 0.223 e. The van der Waals surface area contributed by atoms with Crippen molar-refractivity contribution < 1.29 is 9.59 Å². The highest BCUT2D eigenvalue weighted by atomic mass is 16.2. The Morgan fingerprint density at radius 1 is 1.09 bits per heavy atom. The van der Waals surface area contributed by atoms with Gasteiger partial charge in [-0.2, -0.15) is 0 Å². The van der Waals surface area contributed by atoms with E-state index in [1.54, 1.807) is 0 Å². The Morgan fingerprint density at radius 3 is 2.48 bits per heavy atom. The van der Waals surface area contributed by atoms with Gasteiger partial charge in [0.15, 0.2) is 0 Å². The van der Waals surface area contributed by atoms with Crippen LogP contribution in [0.4, 0.5) is 0 Å². The topological polar surface area (TPSA) is 52.7 Å². The van der Waals surface area contributed by atoms with Crippen LogP contribution in [-0.4, -0.2) is 60.4 Å². The summed E-state index contributed by atoms with van der Waals surface area (Å²) in [4.78, 5) is 28.6. The molecule has 5 heteroatoms. The van der Waals surface area contributed by atoms with Crippen LogP contribution >= 0.6 is 0 Å². The third-order valence-electron chi connectivity index (χ3n) is 5.32. The highest BCUT2D eigenvalue weighted by Gasteiger charge is 2.27. The number of nitrogens with zero attached hydrogens (tertiary/aromatic N) is 2. The quantitative estimate of drug-likeness (QED) is 0.813. The predicted octanol–water partition coefficient (Wildman–Crippen LogP) is 2.02. The van der Waals surface area contributed by atoms with Gasteiger partial charge in [-0.25, -0.2) is 0 Å². The summed E-state index contributed by atoms with van der Waals surface area (Å²) >= 11 is 0. The van der Waals surface area contributed by atoms with Crippen LogP contribution in [0.3, 0.4) is 0 Å². The second-order valence-corrected chi connectivity index (χ2v) is 7.08. The van der Waals surface area contributed by atoms with E-state index >= 15 is 0 Å². The van der Waals surface area contributed by atoms with E-state index in [2.05, 4.69) is 17.1 Å². The third-order valence-corrected chi connectivity index (χ3v) is 5.32. The van der Waals surface area contributed by atoms with Crippen molar-refractivity contribution in [3.8, 4) is 0 Å². The molecule has 1 N–H and O–H groups in total. The summed E-state index contributed by atoms with van der Waals surface area (Å²) in [6.45, 7) is 8.65. The molecule has 0 saturated carbocycles. The summed E-state index contributed by atoms with van der Waals surface area (Å²) in [6.07, 6.45) is 7.03. The molecule has 0 bridgehead atoms. The van der Waals surface area contributed by atoms with Crippen molar-refractivity contribution in [2.45, 2.75) is 64.8 Å². The Hall–Kier alpha value is -1.10. The molecule has 0 aliphatic carbocycles. The van der Waals surface area contributed by atoms with E-state index in [4.69, 9.17) is 0 Å². The zero-order valence-electron chi connectivity index (χ0n) is 14.9. The monoisotopic (exact) mass is 323 g/mol. The van der Waals surface area contributed by atoms with Crippen molar-refractivity contribution in [3.05, 3.63) is 0 Å². The molecule has 23 heavy (non-hydrogen) atoms. The number of hydrogen-bond acceptors (Lipinski definition) is 3. The van der Waals surface area contributed by atoms with Crippen LogP contribution in [0, 0.1) is 5.92 Å². The molecule has 0 aromatic carbocycles. The maximum absolute atomic E-state index is 12.3. The Bertz CT molecular complexity index is 392. The van der Waals surface area contributed by atoms with Gasteiger partial charge in [0.05, 0.1) is 0 Å². The normalized spacial score (nSPS) is 23.7. The van der Waals surface area contributed by atoms with Crippen molar-refractivity contribution in [3.63, 3.8) is 0 Å². The van der Waals surface area contributed by atoms with Gasteiger partial charge in [-0.15, -0.1) is 0 Å². The summed E-state index contributed by atoms with van der Waals surface area (Å²) in [7, 11) is 0. The first-order valence-electron chi connectivity index (χ1n) is 9.41. The van der Waals surface area contributed by atoms with Gasteiger partial charge in [0, 0.05) is 44.6 Å². The number of likely N-dealkylation sites (tertiary alicyclic amines) is 2. The molecule has 0 radical (unpaired) electrons. The molecule has 2 saturated heterocycles. The zero-order valence-corrected chi connectivity index (χ0v) is 14.9. The molecule has 0 aromatic rings. The maximum atomic E-state index is 12.3. The molecular formula is C18H33N3O2. The minimum Gasteiger partial charge on any atom is -0.355 e. The fourth-order valence-electron chi connectivity index (χ4n) is 3.72. The van der Waals surface area contributed by atoms with Crippen molar-refractivity contribution in [1.82, 2.24) is 15.1 Å². The van der Waals surface area contributed by atoms with Crippen LogP contribution in [0.25, 0.3) is 0 Å². The van der Waals surface area contributed by atoms with Gasteiger partial charge in [0.25, 0.3) is 0 Å². The van der Waals surface area contributed by atoms with E-state index in [0.29, 0.717) is 12.5 Å². The number of rotatable bonds is 6. The average molecular weight is 323 g/mol. The summed E-state index contributed by atoms with van der Waals surface area (Å²) in [5.41, 5.74) is 0. The lowest BCUT2D eigenvalue weighted by Gasteiger charge is -2.34. The van der Waals surface area contributed by atoms with Gasteiger partial charge in [-0.1, -0.05) is 13.3 Å². The largest absolute Gasteiger partial charge is 0.355 e. The molecule has 2 heterocycles. The predicted molar refractivity (Wildman–Crippen MR) is 92.1 cm³/mol. The number of carbonyl (C=O) groups excluding carboxylic acids is 2. The number of piperidine rings is 2. The zero-order chi connectivity index (χ0) is 16.7. The number of amides is 2. The molecule has 2 rings (SSSR count). The fourth-order valence-corrected chi connectivity index (χ4v) is 3.72. The molecule has 2 aliphatic heterocycles. The Kier molecular flexibility index (Phi) is 7.34. The first-order valence-corrected chi connectivity index (χ1v) is 9.41. The van der Waals surface area contributed by atoms with E-state index < -0.39 is 0 Å². The molecule has 0 spiro atoms. The lowest BCUT2D eigenvalue weighted by atomic mass is 9.95. The number of hydrogen-bond donors (Lipinski definition) is 1. The highest BCUT2D eigenvalue weighted by molar-refractivity contribution is 5.80. The Labute approximate surface area is 140 Å². The van der Waals surface area contributed by atoms with Gasteiger partial charge < -0.3 is 10.2 Å². The van der Waals surface area contributed by atoms with Crippen LogP contribution in [-0.2, 0) is 9.59 Å². The SMILES string of the molecule is CCCC(=O)N1CCC(C(=O)NCCN2CCCCC2C)CC1. The number of nitrogens with one attached hydrogen (secondary N) is 1. The van der Waals surface area contributed by atoms with Gasteiger partial charge in [-0.3, -0.25) is 14.5 Å². The second-order valence-electron chi connectivity index (χ2n) is 7.08. The van der Waals surface area contributed by atoms with Crippen molar-refractivity contribution in [2.75, 3.05) is 32.7 Å². The molecule has 2 amide bonds. The van der Waals surface area contributed by atoms with E-state index in [-0.39, 0.29) is 17.7 Å². The lowest BCUT2D eigenvalue weighted by Crippen LogP contribution is -2.46. The Balaban J connectivity index is 1.64. The van der Waals surface area contributed by atoms with Gasteiger partial charge in [-0.05, 0) is 45.6 Å². The highest BCUT2D eigenvalue weighted by Crippen LogP contribution is 2.18. The minimum absolute atomic E-state index is 0.0828. The van der Waals surface area contributed by atoms with Crippen molar-refractivity contribution in [1.29, 1.82) is 0 Å². The van der Waals surface area contributed by atoms with E-state index in [9.17, 15) is 9.59 Å². The van der Waals surface area contributed by atoms with Gasteiger partial charge >= 0.3 is 0 Å². The van der Waals surface area contributed by atoms with Crippen molar-refractivity contribution in [2.24, 2.45) is 5.92 Å². The van der Waals surface area contributed by atoms with Crippen LogP contribution in [0.5, 0.6) is 0 Å². The number of carbonyl (C=O) groups is 2. The van der Waals surface area contributed by atoms with E-state index in [1.807, 2.05) is 11.8 Å². The van der Waals surface area contributed by atoms with E-state index in [0.717, 1.165) is 52.0 Å². The third kappa shape index (κ3) is 5.48. The molecule has 2 aliphatic rings. The first kappa shape index (κ1) is 18.2. The van der Waals surface area contributed by atoms with Crippen LogP contribution in [0.15, 0.2) is 0 Å². The van der Waals surface area contributed by atoms with Crippen LogP contribution in [0.2, 0.25) is 0 Å². The van der Waals surface area contributed by atoms with Crippen molar-refractivity contribution >= 4 is 11.8 Å². The maximum Gasteiger partial charge on any atom is 0.223 e. The van der Waals surface area contributed by atoms with Crippen LogP contribution < -0.4 is 5.32 Å². The van der Waals surface area contributed by atoms with Crippen LogP contribution in [0.1, 0.15) is 58.8 Å². The molecular weight excluding hydrogens is 290 g/mol. The lowest BCUT2D eigenvalue weighted by molar-refractivity contribution is -0.135. The summed E-state index contributed by atoms with van der Waals surface area (Å²) in [6, 6.07) is 0.647. The summed E-state index contributed by atoms with van der Waals surface area (Å²) < 4.78 is 0. The Morgan fingerprint density at radius 2 is 1.83 bits per heavy atom. The fraction of sp³-hybridized carbons (Fsp3) is 0.889. The molecule has 0 aromatic heterocycles. The average Bonchev–Trinajstić information content (AvgIpc) is 2.57. The minimum atomic E-state index is 0.0828. The summed E-state index contributed by atoms with van der Waals surface area (Å²) in [5, 5.41) is 3.11.